The van der Waals surface area contributed by atoms with Gasteiger partial charge in [0.25, 0.3) is 0 Å². The smallest absolute Gasteiger partial charge is 0.340 e. The van der Waals surface area contributed by atoms with Gasteiger partial charge in [0.15, 0.2) is 5.16 Å². The number of nitrogens with zero attached hydrogens (tertiary/aromatic N) is 2. The van der Waals surface area contributed by atoms with Crippen LogP contribution in [0.25, 0.3) is 0 Å². The second kappa shape index (κ2) is 7.01. The Hall–Kier alpha value is -1.93. The second-order valence-corrected chi connectivity index (χ2v) is 5.38. The summed E-state index contributed by atoms with van der Waals surface area (Å²) in [5.41, 5.74) is 0.354. The highest BCUT2D eigenvalue weighted by molar-refractivity contribution is 7.99. The van der Waals surface area contributed by atoms with Crippen molar-refractivity contribution >= 4 is 40.0 Å². The molecule has 0 bridgehead atoms. The molecule has 0 unspecified atom stereocenters. The van der Waals surface area contributed by atoms with Gasteiger partial charge in [-0.05, 0) is 17.5 Å². The third-order valence-electron chi connectivity index (χ3n) is 2.20. The highest BCUT2D eigenvalue weighted by atomic mass is 32.2. The Kier molecular flexibility index (Phi) is 5.08. The van der Waals surface area contributed by atoms with Gasteiger partial charge in [-0.1, -0.05) is 11.8 Å². The molecule has 0 aromatic carbocycles. The van der Waals surface area contributed by atoms with E-state index in [1.165, 1.54) is 30.2 Å². The van der Waals surface area contributed by atoms with Crippen LogP contribution in [-0.4, -0.2) is 34.7 Å². The van der Waals surface area contributed by atoms with E-state index in [0.717, 1.165) is 0 Å². The van der Waals surface area contributed by atoms with Crippen LogP contribution in [0.15, 0.2) is 35.1 Å². The highest BCUT2D eigenvalue weighted by Gasteiger charge is 2.15. The molecule has 8 heteroatoms. The lowest BCUT2D eigenvalue weighted by Crippen LogP contribution is -2.15. The number of nitrogens with one attached hydrogen (secondary N) is 1. The van der Waals surface area contributed by atoms with E-state index in [4.69, 9.17) is 0 Å². The first-order valence-corrected chi connectivity index (χ1v) is 7.42. The van der Waals surface area contributed by atoms with Crippen LogP contribution in [0.2, 0.25) is 0 Å². The maximum absolute atomic E-state index is 11.8. The molecule has 0 saturated heterocycles. The van der Waals surface area contributed by atoms with Crippen molar-refractivity contribution in [3.05, 3.63) is 35.5 Å². The van der Waals surface area contributed by atoms with E-state index in [9.17, 15) is 9.59 Å². The summed E-state index contributed by atoms with van der Waals surface area (Å²) >= 11 is 2.49. The molecule has 20 heavy (non-hydrogen) atoms. The number of ether oxygens (including phenoxy) is 1. The molecule has 0 spiro atoms. The molecule has 0 aliphatic rings. The Morgan fingerprint density at radius 2 is 2.15 bits per heavy atom. The number of methoxy groups -OCH3 is 1. The molecule has 0 aliphatic heterocycles. The number of hydrogen-bond donors (Lipinski definition) is 1. The molecule has 104 valence electrons. The van der Waals surface area contributed by atoms with Crippen molar-refractivity contribution in [2.75, 3.05) is 18.2 Å². The van der Waals surface area contributed by atoms with Crippen LogP contribution in [0.1, 0.15) is 10.4 Å². The maximum atomic E-state index is 11.8. The quantitative estimate of drug-likeness (QED) is 0.517. The lowest BCUT2D eigenvalue weighted by atomic mass is 10.3. The van der Waals surface area contributed by atoms with E-state index in [1.807, 2.05) is 0 Å². The average Bonchev–Trinajstić information content (AvgIpc) is 2.93. The Morgan fingerprint density at radius 3 is 2.85 bits per heavy atom. The summed E-state index contributed by atoms with van der Waals surface area (Å²) in [5, 5.41) is 5.41. The number of hydrogen-bond acceptors (Lipinski definition) is 7. The lowest BCUT2D eigenvalue weighted by Gasteiger charge is -2.04. The van der Waals surface area contributed by atoms with Crippen LogP contribution < -0.4 is 5.32 Å². The first kappa shape index (κ1) is 14.5. The van der Waals surface area contributed by atoms with Gasteiger partial charge in [0.2, 0.25) is 5.91 Å². The van der Waals surface area contributed by atoms with Gasteiger partial charge in [0.05, 0.1) is 18.4 Å². The number of anilines is 1. The fourth-order valence-electron chi connectivity index (χ4n) is 1.33. The Morgan fingerprint density at radius 1 is 1.40 bits per heavy atom. The van der Waals surface area contributed by atoms with Crippen LogP contribution in [0.3, 0.4) is 0 Å². The van der Waals surface area contributed by atoms with Crippen LogP contribution in [0.4, 0.5) is 5.00 Å². The number of carbonyl (C=O) groups excluding carboxylic acids is 2. The van der Waals surface area contributed by atoms with E-state index in [-0.39, 0.29) is 11.7 Å². The van der Waals surface area contributed by atoms with Gasteiger partial charge >= 0.3 is 5.97 Å². The molecule has 0 fully saturated rings. The van der Waals surface area contributed by atoms with Crippen LogP contribution >= 0.6 is 23.1 Å². The van der Waals surface area contributed by atoms with Crippen molar-refractivity contribution < 1.29 is 14.3 Å². The van der Waals surface area contributed by atoms with E-state index in [1.54, 1.807) is 29.9 Å². The van der Waals surface area contributed by atoms with Crippen molar-refractivity contribution in [3.8, 4) is 0 Å². The number of esters is 1. The average molecular weight is 309 g/mol. The minimum Gasteiger partial charge on any atom is -0.465 e. The van der Waals surface area contributed by atoms with Crippen LogP contribution in [-0.2, 0) is 9.53 Å². The molecule has 0 saturated carbocycles. The summed E-state index contributed by atoms with van der Waals surface area (Å²) in [6.45, 7) is 0. The normalized spacial score (nSPS) is 10.1. The zero-order valence-electron chi connectivity index (χ0n) is 10.5. The van der Waals surface area contributed by atoms with Crippen molar-refractivity contribution in [1.29, 1.82) is 0 Å². The molecule has 0 atom stereocenters. The summed E-state index contributed by atoms with van der Waals surface area (Å²) in [7, 11) is 1.30. The molecular weight excluding hydrogens is 298 g/mol. The molecule has 2 aromatic heterocycles. The van der Waals surface area contributed by atoms with Gasteiger partial charge < -0.3 is 10.1 Å². The van der Waals surface area contributed by atoms with Crippen molar-refractivity contribution in [1.82, 2.24) is 9.97 Å². The van der Waals surface area contributed by atoms with Crippen LogP contribution in [0, 0.1) is 0 Å². The molecule has 2 heterocycles. The Labute approximate surface area is 123 Å². The minimum absolute atomic E-state index is 0.169. The van der Waals surface area contributed by atoms with Crippen molar-refractivity contribution in [3.63, 3.8) is 0 Å². The molecule has 6 nitrogen and oxygen atoms in total. The van der Waals surface area contributed by atoms with E-state index in [0.29, 0.717) is 15.7 Å². The SMILES string of the molecule is COC(=O)c1ccsc1NC(=O)CSc1ncccn1. The van der Waals surface area contributed by atoms with Gasteiger partial charge in [-0.15, -0.1) is 11.3 Å². The summed E-state index contributed by atoms with van der Waals surface area (Å²) in [4.78, 5) is 31.3. The number of rotatable bonds is 5. The van der Waals surface area contributed by atoms with E-state index < -0.39 is 5.97 Å². The minimum atomic E-state index is -0.472. The van der Waals surface area contributed by atoms with Gasteiger partial charge in [-0.3, -0.25) is 4.79 Å². The summed E-state index contributed by atoms with van der Waals surface area (Å²) in [6.07, 6.45) is 3.23. The number of amides is 1. The Bertz CT molecular complexity index is 601. The van der Waals surface area contributed by atoms with Crippen molar-refractivity contribution in [2.24, 2.45) is 0 Å². The van der Waals surface area contributed by atoms with Crippen LogP contribution in [0.5, 0.6) is 0 Å². The first-order chi connectivity index (χ1) is 9.70. The van der Waals surface area contributed by atoms with Crippen molar-refractivity contribution in [2.45, 2.75) is 5.16 Å². The number of aromatic nitrogens is 2. The second-order valence-electron chi connectivity index (χ2n) is 3.52. The topological polar surface area (TPSA) is 81.2 Å². The van der Waals surface area contributed by atoms with Gasteiger partial charge in [-0.25, -0.2) is 14.8 Å². The summed E-state index contributed by atoms with van der Waals surface area (Å²) in [5.74, 6) is -0.529. The molecule has 2 rings (SSSR count). The zero-order chi connectivity index (χ0) is 14.4. The van der Waals surface area contributed by atoms with Gasteiger partial charge in [0, 0.05) is 12.4 Å². The number of carbonyl (C=O) groups is 2. The largest absolute Gasteiger partial charge is 0.465 e. The zero-order valence-corrected chi connectivity index (χ0v) is 12.2. The maximum Gasteiger partial charge on any atom is 0.340 e. The third kappa shape index (κ3) is 3.78. The van der Waals surface area contributed by atoms with E-state index >= 15 is 0 Å². The number of thiophene rings is 1. The molecule has 0 aliphatic carbocycles. The standard InChI is InChI=1S/C12H11N3O3S2/c1-18-11(17)8-3-6-19-10(8)15-9(16)7-20-12-13-4-2-5-14-12/h2-6H,7H2,1H3,(H,15,16). The molecule has 2 aromatic rings. The first-order valence-electron chi connectivity index (χ1n) is 5.56. The molecule has 1 amide bonds. The Balaban J connectivity index is 1.92. The third-order valence-corrected chi connectivity index (χ3v) is 3.90. The molecule has 0 radical (unpaired) electrons. The monoisotopic (exact) mass is 309 g/mol. The predicted molar refractivity (Wildman–Crippen MR) is 77.0 cm³/mol. The summed E-state index contributed by atoms with van der Waals surface area (Å²) < 4.78 is 4.64. The fourth-order valence-corrected chi connectivity index (χ4v) is 2.72. The predicted octanol–water partition coefficient (Wildman–Crippen LogP) is 2.06. The van der Waals surface area contributed by atoms with Gasteiger partial charge in [-0.2, -0.15) is 0 Å². The van der Waals surface area contributed by atoms with E-state index in [2.05, 4.69) is 20.0 Å². The number of thioether (sulfide) groups is 1. The lowest BCUT2D eigenvalue weighted by molar-refractivity contribution is -0.113. The highest BCUT2D eigenvalue weighted by Crippen LogP contribution is 2.24. The summed E-state index contributed by atoms with van der Waals surface area (Å²) in [6, 6.07) is 3.32. The fraction of sp³-hybridized carbons (Fsp3) is 0.167. The van der Waals surface area contributed by atoms with Gasteiger partial charge in [0.1, 0.15) is 5.00 Å². The molecule has 1 N–H and O–H groups in total. The molecular formula is C12H11N3O3S2.